The number of anilines is 2. The molecule has 2 fully saturated rings. The highest BCUT2D eigenvalue weighted by molar-refractivity contribution is 7.21. The third-order valence-electron chi connectivity index (χ3n) is 6.90. The number of amides is 1. The number of piperazine rings is 1. The van der Waals surface area contributed by atoms with Gasteiger partial charge in [0, 0.05) is 48.6 Å². The molecule has 2 N–H and O–H groups in total. The van der Waals surface area contributed by atoms with Gasteiger partial charge in [-0.25, -0.2) is 19.9 Å². The minimum Gasteiger partial charge on any atom is -0.351 e. The average molecular weight is 506 g/mol. The molecule has 9 heteroatoms. The van der Waals surface area contributed by atoms with Crippen molar-refractivity contribution < 1.29 is 4.79 Å². The molecule has 3 aromatic heterocycles. The molecule has 2 aromatic carbocycles. The summed E-state index contributed by atoms with van der Waals surface area (Å²) in [4.78, 5) is 35.5. The number of hydrogen-bond acceptors (Lipinski definition) is 8. The third kappa shape index (κ3) is 4.12. The van der Waals surface area contributed by atoms with Crippen molar-refractivity contribution >= 4 is 39.1 Å². The van der Waals surface area contributed by atoms with E-state index in [-0.39, 0.29) is 5.91 Å². The van der Waals surface area contributed by atoms with Crippen LogP contribution in [-0.4, -0.2) is 51.0 Å². The van der Waals surface area contributed by atoms with Crippen molar-refractivity contribution in [3.05, 3.63) is 84.7 Å². The van der Waals surface area contributed by atoms with E-state index in [4.69, 9.17) is 9.97 Å². The van der Waals surface area contributed by atoms with Crippen LogP contribution in [0, 0.1) is 0 Å². The van der Waals surface area contributed by atoms with Gasteiger partial charge in [-0.2, -0.15) is 0 Å². The lowest BCUT2D eigenvalue weighted by Gasteiger charge is -2.29. The molecule has 2 aliphatic heterocycles. The summed E-state index contributed by atoms with van der Waals surface area (Å²) in [5.74, 6) is 1.05. The molecule has 5 aromatic rings. The van der Waals surface area contributed by atoms with Crippen LogP contribution < -0.4 is 15.5 Å². The number of thiazole rings is 1. The zero-order valence-corrected chi connectivity index (χ0v) is 20.7. The van der Waals surface area contributed by atoms with Crippen molar-refractivity contribution in [2.45, 2.75) is 18.5 Å². The van der Waals surface area contributed by atoms with E-state index < -0.39 is 0 Å². The van der Waals surface area contributed by atoms with Gasteiger partial charge in [0.25, 0.3) is 5.91 Å². The first-order valence-electron chi connectivity index (χ1n) is 12.3. The molecular weight excluding hydrogens is 482 g/mol. The van der Waals surface area contributed by atoms with Crippen LogP contribution in [0.3, 0.4) is 0 Å². The molecule has 0 saturated carbocycles. The number of benzene rings is 2. The predicted octanol–water partition coefficient (Wildman–Crippen LogP) is 4.62. The molecular formula is C28H23N7OS. The van der Waals surface area contributed by atoms with Gasteiger partial charge in [0.05, 0.1) is 5.69 Å². The van der Waals surface area contributed by atoms with Crippen LogP contribution >= 0.6 is 11.3 Å². The van der Waals surface area contributed by atoms with E-state index in [0.717, 1.165) is 51.8 Å². The first-order chi connectivity index (χ1) is 18.2. The van der Waals surface area contributed by atoms with Crippen LogP contribution in [0.25, 0.3) is 32.3 Å². The molecule has 0 radical (unpaired) electrons. The number of rotatable bonds is 5. The fourth-order valence-electron chi connectivity index (χ4n) is 5.11. The van der Waals surface area contributed by atoms with Crippen LogP contribution in [0.15, 0.2) is 79.0 Å². The van der Waals surface area contributed by atoms with Gasteiger partial charge in [-0.1, -0.05) is 53.8 Å². The molecule has 37 heavy (non-hydrogen) atoms. The highest BCUT2D eigenvalue weighted by atomic mass is 32.1. The summed E-state index contributed by atoms with van der Waals surface area (Å²) in [6.45, 7) is 1.81. The molecule has 0 aliphatic carbocycles. The maximum atomic E-state index is 13.6. The number of aromatic nitrogens is 4. The fourth-order valence-corrected chi connectivity index (χ4v) is 6.05. The van der Waals surface area contributed by atoms with E-state index in [0.29, 0.717) is 29.3 Å². The molecule has 2 saturated heterocycles. The Kier molecular flexibility index (Phi) is 5.37. The summed E-state index contributed by atoms with van der Waals surface area (Å²) in [6.07, 6.45) is 2.85. The third-order valence-corrected chi connectivity index (χ3v) is 7.91. The van der Waals surface area contributed by atoms with Crippen molar-refractivity contribution in [3.63, 3.8) is 0 Å². The first kappa shape index (κ1) is 22.0. The standard InChI is InChI=1S/C28H23N7OS/c36-26(32-21-10-5-4-9-20(21)27-33-22-11-6-12-29-28(22)37-27)23-14-24(35-16-18-13-19(35)15-30-18)34-25(31-23)17-7-2-1-3-8-17/h1-12,14,18-19,30H,13,15-16H2,(H,32,36)/t18-,19-/m0/s1. The van der Waals surface area contributed by atoms with Gasteiger partial charge in [0.2, 0.25) is 0 Å². The van der Waals surface area contributed by atoms with E-state index in [1.165, 1.54) is 11.3 Å². The smallest absolute Gasteiger partial charge is 0.274 e. The summed E-state index contributed by atoms with van der Waals surface area (Å²) in [7, 11) is 0. The minimum atomic E-state index is -0.282. The van der Waals surface area contributed by atoms with Gasteiger partial charge in [-0.05, 0) is 30.7 Å². The SMILES string of the molecule is O=C(Nc1ccccc1-c1nc2cccnc2s1)c1cc(N2C[C@@H]3C[C@H]2CN3)nc(-c2ccccc2)n1. The van der Waals surface area contributed by atoms with E-state index in [1.54, 1.807) is 6.20 Å². The minimum absolute atomic E-state index is 0.282. The Morgan fingerprint density at radius 1 is 1.00 bits per heavy atom. The summed E-state index contributed by atoms with van der Waals surface area (Å²) < 4.78 is 0. The van der Waals surface area contributed by atoms with Gasteiger partial charge in [-0.3, -0.25) is 4.79 Å². The molecule has 7 rings (SSSR count). The number of fused-ring (bicyclic) bond motifs is 3. The van der Waals surface area contributed by atoms with Crippen LogP contribution in [0.4, 0.5) is 11.5 Å². The van der Waals surface area contributed by atoms with Crippen LogP contribution in [0.1, 0.15) is 16.9 Å². The van der Waals surface area contributed by atoms with Gasteiger partial charge < -0.3 is 15.5 Å². The lowest BCUT2D eigenvalue weighted by atomic mass is 10.1. The van der Waals surface area contributed by atoms with E-state index in [1.807, 2.05) is 72.8 Å². The summed E-state index contributed by atoms with van der Waals surface area (Å²) in [5, 5.41) is 7.42. The number of hydrogen-bond donors (Lipinski definition) is 2. The maximum Gasteiger partial charge on any atom is 0.274 e. The summed E-state index contributed by atoms with van der Waals surface area (Å²) in [6, 6.07) is 24.0. The fraction of sp³-hybridized carbons (Fsp3) is 0.179. The highest BCUT2D eigenvalue weighted by Crippen LogP contribution is 2.34. The van der Waals surface area contributed by atoms with Crippen molar-refractivity contribution in [1.82, 2.24) is 25.3 Å². The Balaban J connectivity index is 1.25. The number of carbonyl (C=O) groups excluding carboxylic acids is 1. The summed E-state index contributed by atoms with van der Waals surface area (Å²) in [5.41, 5.74) is 3.58. The van der Waals surface area contributed by atoms with Crippen molar-refractivity contribution in [3.8, 4) is 22.0 Å². The molecule has 2 aliphatic rings. The molecule has 8 nitrogen and oxygen atoms in total. The molecule has 2 atom stereocenters. The molecule has 5 heterocycles. The number of pyridine rings is 1. The molecule has 182 valence electrons. The second-order valence-corrected chi connectivity index (χ2v) is 10.3. The Hall–Kier alpha value is -4.21. The number of carbonyl (C=O) groups is 1. The highest BCUT2D eigenvalue weighted by Gasteiger charge is 2.38. The largest absolute Gasteiger partial charge is 0.351 e. The lowest BCUT2D eigenvalue weighted by Crippen LogP contribution is -2.44. The number of nitrogens with zero attached hydrogens (tertiary/aromatic N) is 5. The second-order valence-electron chi connectivity index (χ2n) is 9.29. The van der Waals surface area contributed by atoms with Gasteiger partial charge >= 0.3 is 0 Å². The monoisotopic (exact) mass is 505 g/mol. The molecule has 0 unspecified atom stereocenters. The lowest BCUT2D eigenvalue weighted by molar-refractivity contribution is 0.102. The number of nitrogens with one attached hydrogen (secondary N) is 2. The normalized spacial score (nSPS) is 18.4. The van der Waals surface area contributed by atoms with Gasteiger partial charge in [-0.15, -0.1) is 0 Å². The van der Waals surface area contributed by atoms with E-state index in [9.17, 15) is 4.79 Å². The average Bonchev–Trinajstić information content (AvgIpc) is 3.70. The van der Waals surface area contributed by atoms with Crippen LogP contribution in [0.5, 0.6) is 0 Å². The van der Waals surface area contributed by atoms with Crippen molar-refractivity contribution in [2.24, 2.45) is 0 Å². The Bertz CT molecular complexity index is 1590. The topological polar surface area (TPSA) is 95.9 Å². The molecule has 0 spiro atoms. The Labute approximate surface area is 217 Å². The molecule has 2 bridgehead atoms. The van der Waals surface area contributed by atoms with Crippen molar-refractivity contribution in [1.29, 1.82) is 0 Å². The van der Waals surface area contributed by atoms with Crippen LogP contribution in [-0.2, 0) is 0 Å². The quantitative estimate of drug-likeness (QED) is 0.360. The van der Waals surface area contributed by atoms with E-state index in [2.05, 4.69) is 25.5 Å². The predicted molar refractivity (Wildman–Crippen MR) is 146 cm³/mol. The first-order valence-corrected chi connectivity index (χ1v) is 13.1. The Morgan fingerprint density at radius 2 is 1.86 bits per heavy atom. The van der Waals surface area contributed by atoms with Crippen LogP contribution in [0.2, 0.25) is 0 Å². The van der Waals surface area contributed by atoms with Gasteiger partial charge in [0.1, 0.15) is 26.9 Å². The zero-order valence-electron chi connectivity index (χ0n) is 19.8. The number of para-hydroxylation sites is 1. The zero-order chi connectivity index (χ0) is 24.8. The van der Waals surface area contributed by atoms with Crippen molar-refractivity contribution in [2.75, 3.05) is 23.3 Å². The second kappa shape index (κ2) is 9.02. The van der Waals surface area contributed by atoms with Gasteiger partial charge in [0.15, 0.2) is 5.82 Å². The maximum absolute atomic E-state index is 13.6. The summed E-state index contributed by atoms with van der Waals surface area (Å²) >= 11 is 1.50. The Morgan fingerprint density at radius 3 is 2.68 bits per heavy atom. The molecule has 1 amide bonds. The van der Waals surface area contributed by atoms with E-state index >= 15 is 0 Å².